The number of Topliss-reactive ketones (excluding diaryl/α,β-unsaturated/α-hetero) is 1. The minimum absolute atomic E-state index is 0.138. The third-order valence-electron chi connectivity index (χ3n) is 3.05. The molecule has 1 aliphatic rings. The third kappa shape index (κ3) is 2.34. The summed E-state index contributed by atoms with van der Waals surface area (Å²) >= 11 is 0. The number of benzene rings is 1. The number of hydrogen-bond acceptors (Lipinski definition) is 3. The third-order valence-corrected chi connectivity index (χ3v) is 3.05. The van der Waals surface area contributed by atoms with Gasteiger partial charge in [-0.25, -0.2) is 0 Å². The van der Waals surface area contributed by atoms with Crippen molar-refractivity contribution in [2.24, 2.45) is 5.92 Å². The molecule has 1 N–H and O–H groups in total. The van der Waals surface area contributed by atoms with Crippen molar-refractivity contribution in [1.82, 2.24) is 0 Å². The van der Waals surface area contributed by atoms with E-state index in [2.05, 4.69) is 0 Å². The van der Waals surface area contributed by atoms with E-state index in [-0.39, 0.29) is 11.6 Å². The standard InChI is InChI=1S/C14H14O3/c1-9-13(16)11(8-12(15)14(9)17)7-10-5-3-2-4-6-10/h2-6,8-9,14,17H,7H2,1H3/t9-,14-/m1/s1. The Labute approximate surface area is 99.8 Å². The number of carbonyl (C=O) groups excluding carboxylic acids is 2. The molecule has 0 heterocycles. The maximum Gasteiger partial charge on any atom is 0.185 e. The lowest BCUT2D eigenvalue weighted by molar-refractivity contribution is -0.133. The molecule has 0 fully saturated rings. The number of ketones is 2. The largest absolute Gasteiger partial charge is 0.384 e. The van der Waals surface area contributed by atoms with Crippen LogP contribution >= 0.6 is 0 Å². The van der Waals surface area contributed by atoms with Crippen LogP contribution < -0.4 is 0 Å². The molecule has 1 aromatic rings. The number of hydrogen-bond donors (Lipinski definition) is 1. The highest BCUT2D eigenvalue weighted by atomic mass is 16.3. The SMILES string of the molecule is C[C@@H]1C(=O)C(Cc2ccccc2)=CC(=O)[C@@H]1O. The monoisotopic (exact) mass is 230 g/mol. The average Bonchev–Trinajstić information content (AvgIpc) is 2.35. The van der Waals surface area contributed by atoms with Crippen molar-refractivity contribution in [3.05, 3.63) is 47.5 Å². The molecule has 88 valence electrons. The Kier molecular flexibility index (Phi) is 3.20. The van der Waals surface area contributed by atoms with Gasteiger partial charge in [0.25, 0.3) is 0 Å². The molecule has 2 rings (SSSR count). The van der Waals surface area contributed by atoms with Gasteiger partial charge in [-0.1, -0.05) is 37.3 Å². The summed E-state index contributed by atoms with van der Waals surface area (Å²) in [4.78, 5) is 23.4. The summed E-state index contributed by atoms with van der Waals surface area (Å²) in [5.41, 5.74) is 1.47. The number of carbonyl (C=O) groups is 2. The van der Waals surface area contributed by atoms with Crippen molar-refractivity contribution in [3.63, 3.8) is 0 Å². The molecule has 0 bridgehead atoms. The van der Waals surface area contributed by atoms with Crippen LogP contribution in [0.1, 0.15) is 12.5 Å². The molecule has 3 heteroatoms. The van der Waals surface area contributed by atoms with Crippen LogP contribution in [-0.4, -0.2) is 22.8 Å². The first-order valence-electron chi connectivity index (χ1n) is 5.60. The highest BCUT2D eigenvalue weighted by Crippen LogP contribution is 2.21. The number of aliphatic hydroxyl groups is 1. The second kappa shape index (κ2) is 4.63. The lowest BCUT2D eigenvalue weighted by Gasteiger charge is -2.22. The number of aliphatic hydroxyl groups excluding tert-OH is 1. The van der Waals surface area contributed by atoms with E-state index in [0.717, 1.165) is 5.56 Å². The van der Waals surface area contributed by atoms with Crippen LogP contribution in [0.25, 0.3) is 0 Å². The molecular weight excluding hydrogens is 216 g/mol. The molecule has 0 saturated heterocycles. The second-order valence-electron chi connectivity index (χ2n) is 4.33. The van der Waals surface area contributed by atoms with Crippen molar-refractivity contribution in [2.45, 2.75) is 19.4 Å². The summed E-state index contributed by atoms with van der Waals surface area (Å²) in [5.74, 6) is -1.14. The normalized spacial score (nSPS) is 24.7. The summed E-state index contributed by atoms with van der Waals surface area (Å²) in [6.45, 7) is 1.59. The molecule has 0 aliphatic heterocycles. The molecule has 1 aromatic carbocycles. The van der Waals surface area contributed by atoms with Gasteiger partial charge in [0.15, 0.2) is 11.6 Å². The van der Waals surface area contributed by atoms with Gasteiger partial charge in [0, 0.05) is 12.0 Å². The zero-order valence-electron chi connectivity index (χ0n) is 9.59. The van der Waals surface area contributed by atoms with Gasteiger partial charge in [0.2, 0.25) is 0 Å². The summed E-state index contributed by atoms with van der Waals surface area (Å²) in [7, 11) is 0. The molecule has 0 saturated carbocycles. The Morgan fingerprint density at radius 2 is 1.82 bits per heavy atom. The van der Waals surface area contributed by atoms with Crippen LogP contribution in [0.4, 0.5) is 0 Å². The molecule has 0 aromatic heterocycles. The van der Waals surface area contributed by atoms with Gasteiger partial charge in [-0.3, -0.25) is 9.59 Å². The van der Waals surface area contributed by atoms with E-state index < -0.39 is 12.0 Å². The Hall–Kier alpha value is -1.74. The molecule has 0 unspecified atom stereocenters. The number of allylic oxidation sites excluding steroid dienone is 1. The fourth-order valence-electron chi connectivity index (χ4n) is 1.96. The van der Waals surface area contributed by atoms with Gasteiger partial charge in [0.05, 0.1) is 5.92 Å². The van der Waals surface area contributed by atoms with Crippen LogP contribution in [0.15, 0.2) is 42.0 Å². The van der Waals surface area contributed by atoms with Crippen LogP contribution in [-0.2, 0) is 16.0 Å². The van der Waals surface area contributed by atoms with Crippen LogP contribution in [0.3, 0.4) is 0 Å². The first kappa shape index (κ1) is 11.7. The predicted molar refractivity (Wildman–Crippen MR) is 63.4 cm³/mol. The molecular formula is C14H14O3. The van der Waals surface area contributed by atoms with Crippen LogP contribution in [0.2, 0.25) is 0 Å². The van der Waals surface area contributed by atoms with Gasteiger partial charge in [0.1, 0.15) is 6.10 Å². The first-order valence-corrected chi connectivity index (χ1v) is 5.60. The smallest absolute Gasteiger partial charge is 0.185 e. The number of rotatable bonds is 2. The Morgan fingerprint density at radius 1 is 1.18 bits per heavy atom. The minimum atomic E-state index is -1.18. The average molecular weight is 230 g/mol. The summed E-state index contributed by atoms with van der Waals surface area (Å²) in [6, 6.07) is 9.51. The first-order chi connectivity index (χ1) is 8.09. The fraction of sp³-hybridized carbons (Fsp3) is 0.286. The van der Waals surface area contributed by atoms with E-state index >= 15 is 0 Å². The lowest BCUT2D eigenvalue weighted by atomic mass is 9.83. The van der Waals surface area contributed by atoms with Gasteiger partial charge in [-0.05, 0) is 11.6 Å². The summed E-state index contributed by atoms with van der Waals surface area (Å²) in [5, 5.41) is 9.49. The van der Waals surface area contributed by atoms with Crippen molar-refractivity contribution in [1.29, 1.82) is 0 Å². The molecule has 2 atom stereocenters. The van der Waals surface area contributed by atoms with Crippen LogP contribution in [0.5, 0.6) is 0 Å². The van der Waals surface area contributed by atoms with E-state index in [4.69, 9.17) is 0 Å². The molecule has 0 amide bonds. The Morgan fingerprint density at radius 3 is 2.47 bits per heavy atom. The van der Waals surface area contributed by atoms with E-state index in [0.29, 0.717) is 12.0 Å². The highest BCUT2D eigenvalue weighted by Gasteiger charge is 2.33. The van der Waals surface area contributed by atoms with Gasteiger partial charge in [-0.15, -0.1) is 0 Å². The summed E-state index contributed by atoms with van der Waals surface area (Å²) in [6.07, 6.45) is 0.546. The van der Waals surface area contributed by atoms with Gasteiger partial charge < -0.3 is 5.11 Å². The van der Waals surface area contributed by atoms with Gasteiger partial charge >= 0.3 is 0 Å². The molecule has 0 spiro atoms. The zero-order valence-corrected chi connectivity index (χ0v) is 9.59. The molecule has 17 heavy (non-hydrogen) atoms. The Bertz CT molecular complexity index is 474. The van der Waals surface area contributed by atoms with E-state index in [9.17, 15) is 14.7 Å². The van der Waals surface area contributed by atoms with Crippen molar-refractivity contribution in [2.75, 3.05) is 0 Å². The Balaban J connectivity index is 2.24. The van der Waals surface area contributed by atoms with Crippen molar-refractivity contribution < 1.29 is 14.7 Å². The topological polar surface area (TPSA) is 54.4 Å². The van der Waals surface area contributed by atoms with Crippen molar-refractivity contribution in [3.8, 4) is 0 Å². The molecule has 0 radical (unpaired) electrons. The quantitative estimate of drug-likeness (QED) is 0.833. The van der Waals surface area contributed by atoms with E-state index in [1.54, 1.807) is 6.92 Å². The zero-order chi connectivity index (χ0) is 12.4. The van der Waals surface area contributed by atoms with E-state index in [1.165, 1.54) is 6.08 Å². The van der Waals surface area contributed by atoms with Crippen LogP contribution in [0, 0.1) is 5.92 Å². The van der Waals surface area contributed by atoms with Gasteiger partial charge in [-0.2, -0.15) is 0 Å². The minimum Gasteiger partial charge on any atom is -0.384 e. The van der Waals surface area contributed by atoms with E-state index in [1.807, 2.05) is 30.3 Å². The second-order valence-corrected chi connectivity index (χ2v) is 4.33. The maximum atomic E-state index is 11.9. The molecule has 3 nitrogen and oxygen atoms in total. The predicted octanol–water partition coefficient (Wildman–Crippen LogP) is 1.30. The lowest BCUT2D eigenvalue weighted by Crippen LogP contribution is -2.37. The maximum absolute atomic E-state index is 11.9. The summed E-state index contributed by atoms with van der Waals surface area (Å²) < 4.78 is 0. The highest BCUT2D eigenvalue weighted by molar-refractivity contribution is 6.11. The fourth-order valence-corrected chi connectivity index (χ4v) is 1.96. The molecule has 1 aliphatic carbocycles. The van der Waals surface area contributed by atoms with Crippen molar-refractivity contribution >= 4 is 11.6 Å².